The molecule has 1 aromatic carbocycles. The van der Waals surface area contributed by atoms with Crippen molar-refractivity contribution in [3.05, 3.63) is 29.0 Å². The van der Waals surface area contributed by atoms with Crippen molar-refractivity contribution < 1.29 is 19.1 Å². The van der Waals surface area contributed by atoms with Crippen LogP contribution in [0.15, 0.2) is 18.2 Å². The largest absolute Gasteiger partial charge is 0.396 e. The van der Waals surface area contributed by atoms with Crippen molar-refractivity contribution >= 4 is 29.1 Å². The molecule has 0 aromatic heterocycles. The van der Waals surface area contributed by atoms with Crippen LogP contribution in [0.2, 0.25) is 5.02 Å². The number of amides is 2. The van der Waals surface area contributed by atoms with E-state index in [1.165, 1.54) is 23.1 Å². The maximum Gasteiger partial charge on any atom is 0.313 e. The lowest BCUT2D eigenvalue weighted by atomic mass is 9.77. The number of rotatable bonds is 3. The number of nitrogens with one attached hydrogen (secondary N) is 1. The van der Waals surface area contributed by atoms with Crippen molar-refractivity contribution in [2.24, 2.45) is 5.41 Å². The maximum absolute atomic E-state index is 13.8. The molecule has 23 heavy (non-hydrogen) atoms. The Morgan fingerprint density at radius 1 is 1.39 bits per heavy atom. The molecule has 2 N–H and O–H groups in total. The summed E-state index contributed by atoms with van der Waals surface area (Å²) < 4.78 is 13.8. The smallest absolute Gasteiger partial charge is 0.313 e. The van der Waals surface area contributed by atoms with Crippen molar-refractivity contribution in [1.82, 2.24) is 4.90 Å². The molecule has 1 aliphatic rings. The fraction of sp³-hybridized carbons (Fsp3) is 0.500. The number of aliphatic hydroxyl groups is 1. The molecule has 0 atom stereocenters. The summed E-state index contributed by atoms with van der Waals surface area (Å²) in [5.74, 6) is -2.36. The van der Waals surface area contributed by atoms with Gasteiger partial charge in [-0.2, -0.15) is 0 Å². The zero-order chi connectivity index (χ0) is 17.0. The highest BCUT2D eigenvalue weighted by Crippen LogP contribution is 2.34. The van der Waals surface area contributed by atoms with E-state index in [0.29, 0.717) is 25.9 Å². The number of anilines is 1. The topological polar surface area (TPSA) is 69.6 Å². The highest BCUT2D eigenvalue weighted by atomic mass is 35.5. The molecule has 0 saturated carbocycles. The van der Waals surface area contributed by atoms with Gasteiger partial charge in [-0.05, 0) is 36.8 Å². The number of likely N-dealkylation sites (tertiary alicyclic amines) is 1. The van der Waals surface area contributed by atoms with Crippen molar-refractivity contribution in [2.45, 2.75) is 26.2 Å². The van der Waals surface area contributed by atoms with Gasteiger partial charge in [-0.25, -0.2) is 4.39 Å². The minimum atomic E-state index is -0.890. The van der Waals surface area contributed by atoms with Gasteiger partial charge in [0, 0.05) is 19.7 Å². The van der Waals surface area contributed by atoms with Crippen LogP contribution in [0.25, 0.3) is 0 Å². The molecule has 1 fully saturated rings. The number of hydrogen-bond donors (Lipinski definition) is 2. The molecule has 7 heteroatoms. The van der Waals surface area contributed by atoms with Crippen molar-refractivity contribution in [1.29, 1.82) is 0 Å². The number of hydrogen-bond acceptors (Lipinski definition) is 3. The van der Waals surface area contributed by atoms with E-state index in [1.807, 2.05) is 6.92 Å². The Kier molecular flexibility index (Phi) is 5.59. The molecule has 126 valence electrons. The molecular weight excluding hydrogens is 323 g/mol. The molecule has 0 spiro atoms. The van der Waals surface area contributed by atoms with Crippen LogP contribution in [-0.4, -0.2) is 41.5 Å². The van der Waals surface area contributed by atoms with Crippen LogP contribution >= 0.6 is 11.6 Å². The first-order chi connectivity index (χ1) is 10.9. The number of benzene rings is 1. The molecule has 0 radical (unpaired) electrons. The zero-order valence-electron chi connectivity index (χ0n) is 12.9. The van der Waals surface area contributed by atoms with Crippen LogP contribution in [0, 0.1) is 11.2 Å². The highest BCUT2D eigenvalue weighted by molar-refractivity contribution is 6.39. The van der Waals surface area contributed by atoms with Crippen molar-refractivity contribution in [3.8, 4) is 0 Å². The molecule has 1 aliphatic heterocycles. The first-order valence-electron chi connectivity index (χ1n) is 7.57. The average Bonchev–Trinajstić information content (AvgIpc) is 2.58. The van der Waals surface area contributed by atoms with Crippen LogP contribution in [-0.2, 0) is 9.59 Å². The second-order valence-electron chi connectivity index (χ2n) is 5.86. The van der Waals surface area contributed by atoms with Gasteiger partial charge in [0.15, 0.2) is 5.82 Å². The van der Waals surface area contributed by atoms with Crippen LogP contribution < -0.4 is 5.32 Å². The van der Waals surface area contributed by atoms with E-state index in [0.717, 1.165) is 6.42 Å². The van der Waals surface area contributed by atoms with Gasteiger partial charge in [0.25, 0.3) is 0 Å². The SMILES string of the molecule is CCC1(CO)CCN(C(=O)C(=O)Nc2cccc(Cl)c2F)CC1. The number of aliphatic hydroxyl groups excluding tert-OH is 1. The second kappa shape index (κ2) is 7.27. The Labute approximate surface area is 139 Å². The summed E-state index contributed by atoms with van der Waals surface area (Å²) in [6.45, 7) is 2.88. The Bertz CT molecular complexity index is 595. The third-order valence-corrected chi connectivity index (χ3v) is 4.88. The van der Waals surface area contributed by atoms with E-state index in [4.69, 9.17) is 11.6 Å². The maximum atomic E-state index is 13.8. The van der Waals surface area contributed by atoms with Gasteiger partial charge < -0.3 is 15.3 Å². The first-order valence-corrected chi connectivity index (χ1v) is 7.95. The van der Waals surface area contributed by atoms with Gasteiger partial charge in [0.1, 0.15) is 0 Å². The standard InChI is InChI=1S/C16H20ClFN2O3/c1-2-16(10-21)6-8-20(9-7-16)15(23)14(22)19-12-5-3-4-11(17)13(12)18/h3-5,21H,2,6-10H2,1H3,(H,19,22). The van der Waals surface area contributed by atoms with Gasteiger partial charge in [-0.15, -0.1) is 0 Å². The van der Waals surface area contributed by atoms with Crippen LogP contribution in [0.4, 0.5) is 10.1 Å². The summed E-state index contributed by atoms with van der Waals surface area (Å²) in [4.78, 5) is 25.6. The summed E-state index contributed by atoms with van der Waals surface area (Å²) in [6, 6.07) is 4.19. The van der Waals surface area contributed by atoms with E-state index in [-0.39, 0.29) is 22.7 Å². The molecule has 0 bridgehead atoms. The summed E-state index contributed by atoms with van der Waals surface area (Å²) in [5, 5.41) is 11.6. The normalized spacial score (nSPS) is 17.0. The summed E-state index contributed by atoms with van der Waals surface area (Å²) in [5.41, 5.74) is -0.294. The lowest BCUT2D eigenvalue weighted by Gasteiger charge is -2.39. The summed E-state index contributed by atoms with van der Waals surface area (Å²) in [7, 11) is 0. The Morgan fingerprint density at radius 2 is 2.04 bits per heavy atom. The Hall–Kier alpha value is -1.66. The molecule has 1 aromatic rings. The molecule has 2 amide bonds. The van der Waals surface area contributed by atoms with E-state index in [1.54, 1.807) is 0 Å². The number of halogens is 2. The minimum Gasteiger partial charge on any atom is -0.396 e. The van der Waals surface area contributed by atoms with Crippen LogP contribution in [0.1, 0.15) is 26.2 Å². The lowest BCUT2D eigenvalue weighted by Crippen LogP contribution is -2.48. The number of carbonyl (C=O) groups is 2. The first kappa shape index (κ1) is 17.7. The molecule has 0 unspecified atom stereocenters. The summed E-state index contributed by atoms with van der Waals surface area (Å²) in [6.07, 6.45) is 2.11. The van der Waals surface area contributed by atoms with Crippen LogP contribution in [0.5, 0.6) is 0 Å². The third-order valence-electron chi connectivity index (χ3n) is 4.59. The lowest BCUT2D eigenvalue weighted by molar-refractivity contribution is -0.145. The van der Waals surface area contributed by atoms with Gasteiger partial charge in [0.05, 0.1) is 10.7 Å². The predicted molar refractivity (Wildman–Crippen MR) is 85.7 cm³/mol. The quantitative estimate of drug-likeness (QED) is 0.829. The molecule has 0 aliphatic carbocycles. The summed E-state index contributed by atoms with van der Waals surface area (Å²) >= 11 is 5.64. The Balaban J connectivity index is 1.99. The molecule has 2 rings (SSSR count). The Morgan fingerprint density at radius 3 is 2.61 bits per heavy atom. The third kappa shape index (κ3) is 3.82. The van der Waals surface area contributed by atoms with E-state index < -0.39 is 17.6 Å². The van der Waals surface area contributed by atoms with Gasteiger partial charge in [0.2, 0.25) is 0 Å². The van der Waals surface area contributed by atoms with E-state index in [9.17, 15) is 19.1 Å². The zero-order valence-corrected chi connectivity index (χ0v) is 13.7. The van der Waals surface area contributed by atoms with E-state index >= 15 is 0 Å². The number of nitrogens with zero attached hydrogens (tertiary/aromatic N) is 1. The molecular formula is C16H20ClFN2O3. The predicted octanol–water partition coefficient (Wildman–Crippen LogP) is 2.43. The van der Waals surface area contributed by atoms with Crippen molar-refractivity contribution in [3.63, 3.8) is 0 Å². The van der Waals surface area contributed by atoms with Gasteiger partial charge in [-0.3, -0.25) is 9.59 Å². The number of carbonyl (C=O) groups excluding carboxylic acids is 2. The average molecular weight is 343 g/mol. The van der Waals surface area contributed by atoms with Gasteiger partial charge in [-0.1, -0.05) is 24.6 Å². The second-order valence-corrected chi connectivity index (χ2v) is 6.27. The van der Waals surface area contributed by atoms with Crippen LogP contribution in [0.3, 0.4) is 0 Å². The monoisotopic (exact) mass is 342 g/mol. The fourth-order valence-corrected chi connectivity index (χ4v) is 2.90. The highest BCUT2D eigenvalue weighted by Gasteiger charge is 2.35. The van der Waals surface area contributed by atoms with Crippen molar-refractivity contribution in [2.75, 3.05) is 25.0 Å². The fourth-order valence-electron chi connectivity index (χ4n) is 2.73. The molecule has 1 heterocycles. The van der Waals surface area contributed by atoms with E-state index in [2.05, 4.69) is 5.32 Å². The molecule has 5 nitrogen and oxygen atoms in total. The number of piperidine rings is 1. The molecule has 1 saturated heterocycles. The minimum absolute atomic E-state index is 0.0749. The van der Waals surface area contributed by atoms with Gasteiger partial charge >= 0.3 is 11.8 Å².